The van der Waals surface area contributed by atoms with E-state index in [1.165, 1.54) is 18.9 Å². The maximum absolute atomic E-state index is 11.9. The summed E-state index contributed by atoms with van der Waals surface area (Å²) in [5.41, 5.74) is 2.12. The number of carbonyl (C=O) groups excluding carboxylic acids is 2. The largest absolute Gasteiger partial charge is 0.481 e. The van der Waals surface area contributed by atoms with Gasteiger partial charge < -0.3 is 15.3 Å². The SMILES string of the molecule is CC(C(=O)O)C(=O)N(C)c1ccc2c(c1)CC(=O)N2. The maximum Gasteiger partial charge on any atom is 0.315 e. The number of carboxylic acids is 1. The van der Waals surface area contributed by atoms with E-state index in [9.17, 15) is 14.4 Å². The van der Waals surface area contributed by atoms with Gasteiger partial charge in [0.2, 0.25) is 11.8 Å². The van der Waals surface area contributed by atoms with Gasteiger partial charge in [0.1, 0.15) is 5.92 Å². The molecule has 0 aliphatic carbocycles. The summed E-state index contributed by atoms with van der Waals surface area (Å²) >= 11 is 0. The topological polar surface area (TPSA) is 86.7 Å². The van der Waals surface area contributed by atoms with Crippen LogP contribution in [0.4, 0.5) is 11.4 Å². The number of hydrogen-bond acceptors (Lipinski definition) is 3. The summed E-state index contributed by atoms with van der Waals surface area (Å²) in [7, 11) is 1.52. The first-order chi connectivity index (χ1) is 8.90. The van der Waals surface area contributed by atoms with Gasteiger partial charge in [0, 0.05) is 18.4 Å². The summed E-state index contributed by atoms with van der Waals surface area (Å²) < 4.78 is 0. The Bertz CT molecular complexity index is 568. The van der Waals surface area contributed by atoms with Crippen molar-refractivity contribution in [2.24, 2.45) is 5.92 Å². The van der Waals surface area contributed by atoms with E-state index in [0.29, 0.717) is 5.69 Å². The summed E-state index contributed by atoms with van der Waals surface area (Å²) in [6.45, 7) is 1.35. The van der Waals surface area contributed by atoms with Gasteiger partial charge in [-0.3, -0.25) is 14.4 Å². The van der Waals surface area contributed by atoms with Crippen molar-refractivity contribution in [1.29, 1.82) is 0 Å². The van der Waals surface area contributed by atoms with E-state index in [-0.39, 0.29) is 12.3 Å². The molecule has 1 aromatic carbocycles. The van der Waals surface area contributed by atoms with Gasteiger partial charge in [0.05, 0.1) is 6.42 Å². The van der Waals surface area contributed by atoms with E-state index in [0.717, 1.165) is 11.3 Å². The molecule has 1 aliphatic rings. The first-order valence-electron chi connectivity index (χ1n) is 5.83. The van der Waals surface area contributed by atoms with Crippen LogP contribution in [0.15, 0.2) is 18.2 Å². The van der Waals surface area contributed by atoms with Crippen molar-refractivity contribution in [3.8, 4) is 0 Å². The molecule has 1 aromatic rings. The van der Waals surface area contributed by atoms with Crippen LogP contribution in [0.5, 0.6) is 0 Å². The van der Waals surface area contributed by atoms with Crippen molar-refractivity contribution in [2.45, 2.75) is 13.3 Å². The molecule has 0 saturated heterocycles. The second-order valence-corrected chi connectivity index (χ2v) is 4.52. The van der Waals surface area contributed by atoms with Crippen molar-refractivity contribution in [3.63, 3.8) is 0 Å². The van der Waals surface area contributed by atoms with E-state index in [4.69, 9.17) is 5.11 Å². The number of rotatable bonds is 3. The van der Waals surface area contributed by atoms with Crippen molar-refractivity contribution in [3.05, 3.63) is 23.8 Å². The molecule has 1 aliphatic heterocycles. The first kappa shape index (κ1) is 13.1. The van der Waals surface area contributed by atoms with Gasteiger partial charge in [0.15, 0.2) is 0 Å². The number of anilines is 2. The fourth-order valence-electron chi connectivity index (χ4n) is 1.95. The zero-order valence-corrected chi connectivity index (χ0v) is 10.6. The predicted octanol–water partition coefficient (Wildman–Crippen LogP) is 0.865. The van der Waals surface area contributed by atoms with Gasteiger partial charge >= 0.3 is 5.97 Å². The summed E-state index contributed by atoms with van der Waals surface area (Å²) in [6, 6.07) is 5.11. The molecular formula is C13H14N2O4. The highest BCUT2D eigenvalue weighted by atomic mass is 16.4. The van der Waals surface area contributed by atoms with Crippen LogP contribution in [0, 0.1) is 5.92 Å². The van der Waals surface area contributed by atoms with E-state index in [2.05, 4.69) is 5.32 Å². The standard InChI is InChI=1S/C13H14N2O4/c1-7(13(18)19)12(17)15(2)9-3-4-10-8(5-9)6-11(16)14-10/h3-5,7H,6H2,1-2H3,(H,14,16)(H,18,19). The lowest BCUT2D eigenvalue weighted by molar-refractivity contribution is -0.145. The van der Waals surface area contributed by atoms with E-state index in [1.54, 1.807) is 18.2 Å². The zero-order chi connectivity index (χ0) is 14.2. The molecule has 0 fully saturated rings. The molecule has 100 valence electrons. The molecule has 1 atom stereocenters. The maximum atomic E-state index is 11.9. The smallest absolute Gasteiger partial charge is 0.315 e. The van der Waals surface area contributed by atoms with E-state index < -0.39 is 17.8 Å². The van der Waals surface area contributed by atoms with Crippen LogP contribution < -0.4 is 10.2 Å². The average Bonchev–Trinajstić information content (AvgIpc) is 2.74. The molecule has 1 heterocycles. The molecule has 1 unspecified atom stereocenters. The normalized spacial score (nSPS) is 14.5. The molecule has 2 rings (SSSR count). The van der Waals surface area contributed by atoms with Gasteiger partial charge in [-0.25, -0.2) is 0 Å². The second kappa shape index (κ2) is 4.72. The predicted molar refractivity (Wildman–Crippen MR) is 69.0 cm³/mol. The molecule has 0 saturated carbocycles. The molecule has 0 bridgehead atoms. The Labute approximate surface area is 110 Å². The lowest BCUT2D eigenvalue weighted by Crippen LogP contribution is -2.35. The second-order valence-electron chi connectivity index (χ2n) is 4.52. The number of hydrogen-bond donors (Lipinski definition) is 2. The highest BCUT2D eigenvalue weighted by molar-refractivity contribution is 6.06. The number of nitrogens with one attached hydrogen (secondary N) is 1. The van der Waals surface area contributed by atoms with Crippen LogP contribution in [-0.4, -0.2) is 29.9 Å². The third-order valence-electron chi connectivity index (χ3n) is 3.17. The minimum atomic E-state index is -1.16. The molecule has 6 nitrogen and oxygen atoms in total. The Balaban J connectivity index is 2.23. The molecule has 0 radical (unpaired) electrons. The van der Waals surface area contributed by atoms with E-state index >= 15 is 0 Å². The Morgan fingerprint density at radius 3 is 2.74 bits per heavy atom. The number of amides is 2. The number of benzene rings is 1. The molecule has 6 heteroatoms. The van der Waals surface area contributed by atoms with E-state index in [1.807, 2.05) is 0 Å². The van der Waals surface area contributed by atoms with Crippen molar-refractivity contribution < 1.29 is 19.5 Å². The number of nitrogens with zero attached hydrogens (tertiary/aromatic N) is 1. The minimum absolute atomic E-state index is 0.0833. The van der Waals surface area contributed by atoms with Gasteiger partial charge in [-0.2, -0.15) is 0 Å². The number of fused-ring (bicyclic) bond motifs is 1. The van der Waals surface area contributed by atoms with Crippen LogP contribution in [0.25, 0.3) is 0 Å². The molecule has 2 amide bonds. The van der Waals surface area contributed by atoms with Gasteiger partial charge in [0.25, 0.3) is 0 Å². The number of aliphatic carboxylic acids is 1. The average molecular weight is 262 g/mol. The lowest BCUT2D eigenvalue weighted by Gasteiger charge is -2.20. The molecule has 19 heavy (non-hydrogen) atoms. The third kappa shape index (κ3) is 2.42. The third-order valence-corrected chi connectivity index (χ3v) is 3.17. The lowest BCUT2D eigenvalue weighted by atomic mass is 10.1. The Morgan fingerprint density at radius 1 is 1.42 bits per heavy atom. The molecular weight excluding hydrogens is 248 g/mol. The Morgan fingerprint density at radius 2 is 2.11 bits per heavy atom. The van der Waals surface area contributed by atoms with Crippen LogP contribution in [0.2, 0.25) is 0 Å². The minimum Gasteiger partial charge on any atom is -0.481 e. The molecule has 0 spiro atoms. The molecule has 2 N–H and O–H groups in total. The fourth-order valence-corrected chi connectivity index (χ4v) is 1.95. The number of carbonyl (C=O) groups is 3. The quantitative estimate of drug-likeness (QED) is 0.791. The highest BCUT2D eigenvalue weighted by Gasteiger charge is 2.26. The summed E-state index contributed by atoms with van der Waals surface area (Å²) in [5.74, 6) is -2.84. The van der Waals surface area contributed by atoms with Crippen LogP contribution in [0.1, 0.15) is 12.5 Å². The van der Waals surface area contributed by atoms with Crippen molar-refractivity contribution in [1.82, 2.24) is 0 Å². The Hall–Kier alpha value is -2.37. The van der Waals surface area contributed by atoms with Gasteiger partial charge in [-0.15, -0.1) is 0 Å². The van der Waals surface area contributed by atoms with Gasteiger partial charge in [-0.1, -0.05) is 0 Å². The first-order valence-corrected chi connectivity index (χ1v) is 5.83. The van der Waals surface area contributed by atoms with Crippen LogP contribution in [0.3, 0.4) is 0 Å². The summed E-state index contributed by atoms with van der Waals surface area (Å²) in [4.78, 5) is 35.3. The fraction of sp³-hybridized carbons (Fsp3) is 0.308. The molecule has 0 aromatic heterocycles. The summed E-state index contributed by atoms with van der Waals surface area (Å²) in [5, 5.41) is 11.5. The highest BCUT2D eigenvalue weighted by Crippen LogP contribution is 2.28. The summed E-state index contributed by atoms with van der Waals surface area (Å²) in [6.07, 6.45) is 0.277. The Kier molecular flexibility index (Phi) is 3.25. The van der Waals surface area contributed by atoms with Crippen molar-refractivity contribution in [2.75, 3.05) is 17.3 Å². The number of carboxylic acid groups (broad SMARTS) is 1. The monoisotopic (exact) mass is 262 g/mol. The van der Waals surface area contributed by atoms with Gasteiger partial charge in [-0.05, 0) is 30.7 Å². The van der Waals surface area contributed by atoms with Crippen LogP contribution in [-0.2, 0) is 20.8 Å². The zero-order valence-electron chi connectivity index (χ0n) is 10.6. The van der Waals surface area contributed by atoms with Crippen LogP contribution >= 0.6 is 0 Å². The van der Waals surface area contributed by atoms with Crippen molar-refractivity contribution >= 4 is 29.2 Å².